The third-order valence-corrected chi connectivity index (χ3v) is 3.79. The van der Waals surface area contributed by atoms with E-state index < -0.39 is 10.0 Å². The van der Waals surface area contributed by atoms with Gasteiger partial charge in [0.1, 0.15) is 0 Å². The summed E-state index contributed by atoms with van der Waals surface area (Å²) in [6.07, 6.45) is 1.53. The summed E-state index contributed by atoms with van der Waals surface area (Å²) in [6, 6.07) is 6.60. The summed E-state index contributed by atoms with van der Waals surface area (Å²) in [6.45, 7) is 1.90. The molecule has 0 bridgehead atoms. The summed E-state index contributed by atoms with van der Waals surface area (Å²) in [5.41, 5.74) is 1.01. The molecule has 94 valence electrons. The summed E-state index contributed by atoms with van der Waals surface area (Å²) in [5.74, 6) is 0. The van der Waals surface area contributed by atoms with Crippen LogP contribution in [0, 0.1) is 6.92 Å². The van der Waals surface area contributed by atoms with E-state index in [1.807, 2.05) is 6.92 Å². The van der Waals surface area contributed by atoms with Crippen LogP contribution in [0.2, 0.25) is 0 Å². The van der Waals surface area contributed by atoms with Gasteiger partial charge in [0, 0.05) is 0 Å². The fraction of sp³-hybridized carbons (Fsp3) is 0.222. The van der Waals surface area contributed by atoms with E-state index in [0.717, 1.165) is 5.56 Å². The predicted molar refractivity (Wildman–Crippen MR) is 94.8 cm³/mol. The summed E-state index contributed by atoms with van der Waals surface area (Å²) >= 11 is 6.41. The highest BCUT2D eigenvalue weighted by atomic mass is 127. The molecule has 0 saturated carbocycles. The van der Waals surface area contributed by atoms with Crippen molar-refractivity contribution in [3.63, 3.8) is 0 Å². The molecule has 0 aromatic heterocycles. The highest BCUT2D eigenvalue weighted by Gasteiger charge is 2.15. The Morgan fingerprint density at radius 3 is 2.24 bits per heavy atom. The van der Waals surface area contributed by atoms with Gasteiger partial charge in [-0.1, -0.05) is 17.7 Å². The van der Waals surface area contributed by atoms with Gasteiger partial charge < -0.3 is 0 Å². The SMILES string of the molecule is Cc1ccc(S(=O)(=O)N/N=C/C(I)(I)I)cc1. The topological polar surface area (TPSA) is 58.5 Å². The van der Waals surface area contributed by atoms with Gasteiger partial charge in [0.25, 0.3) is 10.0 Å². The smallest absolute Gasteiger partial charge is 0.200 e. The lowest BCUT2D eigenvalue weighted by molar-refractivity contribution is 0.584. The highest BCUT2D eigenvalue weighted by Crippen LogP contribution is 2.32. The van der Waals surface area contributed by atoms with Gasteiger partial charge in [0.05, 0.1) is 11.1 Å². The molecular weight excluding hydrogens is 581 g/mol. The second kappa shape index (κ2) is 6.32. The Kier molecular flexibility index (Phi) is 5.91. The molecule has 0 spiro atoms. The van der Waals surface area contributed by atoms with Gasteiger partial charge in [-0.15, -0.1) is 0 Å². The lowest BCUT2D eigenvalue weighted by Crippen LogP contribution is -2.19. The van der Waals surface area contributed by atoms with Crippen LogP contribution in [0.15, 0.2) is 34.3 Å². The minimum absolute atomic E-state index is 0.209. The first kappa shape index (κ1) is 15.9. The van der Waals surface area contributed by atoms with E-state index >= 15 is 0 Å². The van der Waals surface area contributed by atoms with Gasteiger partial charge in [-0.3, -0.25) is 0 Å². The van der Waals surface area contributed by atoms with Crippen molar-refractivity contribution in [1.82, 2.24) is 4.83 Å². The Bertz CT molecular complexity index is 506. The molecular formula is C9H9I3N2O2S. The number of rotatable bonds is 4. The lowest BCUT2D eigenvalue weighted by atomic mass is 10.2. The van der Waals surface area contributed by atoms with Gasteiger partial charge in [-0.25, -0.2) is 4.83 Å². The van der Waals surface area contributed by atoms with Crippen LogP contribution in [-0.2, 0) is 10.0 Å². The second-order valence-corrected chi connectivity index (χ2v) is 16.2. The zero-order chi connectivity index (χ0) is 13.1. The third kappa shape index (κ3) is 6.00. The molecule has 1 N–H and O–H groups in total. The molecule has 0 aliphatic heterocycles. The number of alkyl halides is 3. The fourth-order valence-corrected chi connectivity index (χ4v) is 2.15. The van der Waals surface area contributed by atoms with E-state index in [1.54, 1.807) is 24.3 Å². The minimum atomic E-state index is -3.56. The van der Waals surface area contributed by atoms with Crippen molar-refractivity contribution in [2.24, 2.45) is 5.10 Å². The number of hydrogen-bond acceptors (Lipinski definition) is 3. The average molecular weight is 590 g/mol. The molecule has 8 heteroatoms. The molecule has 1 aromatic carbocycles. The molecule has 0 aliphatic rings. The molecule has 0 radical (unpaired) electrons. The van der Waals surface area contributed by atoms with Crippen LogP contribution >= 0.6 is 67.8 Å². The number of hydrogen-bond donors (Lipinski definition) is 1. The van der Waals surface area contributed by atoms with Crippen LogP contribution in [-0.4, -0.2) is 14.1 Å². The average Bonchev–Trinajstić information content (AvgIpc) is 2.15. The van der Waals surface area contributed by atoms with Crippen molar-refractivity contribution in [2.75, 3.05) is 0 Å². The Labute approximate surface area is 141 Å². The Morgan fingerprint density at radius 1 is 1.24 bits per heavy atom. The molecule has 1 rings (SSSR count). The zero-order valence-corrected chi connectivity index (χ0v) is 16.0. The van der Waals surface area contributed by atoms with Crippen molar-refractivity contribution in [3.05, 3.63) is 29.8 Å². The standard InChI is InChI=1S/C9H9I3N2O2S/c1-7-2-4-8(5-3-7)17(15,16)14-13-6-9(10,11)12/h2-6,14H,1H3/b13-6+. The largest absolute Gasteiger partial charge is 0.276 e. The number of nitrogens with one attached hydrogen (secondary N) is 1. The summed E-state index contributed by atoms with van der Waals surface area (Å²) < 4.78 is 23.3. The van der Waals surface area contributed by atoms with Gasteiger partial charge in [0.15, 0.2) is -0.565 Å². The van der Waals surface area contributed by atoms with E-state index in [2.05, 4.69) is 77.7 Å². The van der Waals surface area contributed by atoms with Gasteiger partial charge >= 0.3 is 0 Å². The molecule has 0 fully saturated rings. The summed E-state index contributed by atoms with van der Waals surface area (Å²) in [5, 5.41) is 3.73. The van der Waals surface area contributed by atoms with Crippen LogP contribution in [0.4, 0.5) is 0 Å². The number of halogens is 3. The first-order valence-electron chi connectivity index (χ1n) is 4.40. The lowest BCUT2D eigenvalue weighted by Gasteiger charge is -2.06. The Balaban J connectivity index is 2.83. The monoisotopic (exact) mass is 590 g/mol. The molecule has 1 aromatic rings. The first-order valence-corrected chi connectivity index (χ1v) is 9.12. The minimum Gasteiger partial charge on any atom is -0.200 e. The Morgan fingerprint density at radius 2 is 1.76 bits per heavy atom. The number of aryl methyl sites for hydroxylation is 1. The quantitative estimate of drug-likeness (QED) is 0.254. The maximum atomic E-state index is 11.8. The maximum Gasteiger partial charge on any atom is 0.276 e. The van der Waals surface area contributed by atoms with E-state index in [0.29, 0.717) is 0 Å². The molecule has 0 aliphatic carbocycles. The number of benzene rings is 1. The summed E-state index contributed by atoms with van der Waals surface area (Å²) in [7, 11) is -3.56. The van der Waals surface area contributed by atoms with E-state index in [4.69, 9.17) is 0 Å². The summed E-state index contributed by atoms with van der Waals surface area (Å²) in [4.78, 5) is 2.39. The molecule has 0 unspecified atom stereocenters. The Hall–Kier alpha value is 0.830. The first-order chi connectivity index (χ1) is 7.71. The van der Waals surface area contributed by atoms with Crippen LogP contribution < -0.4 is 4.83 Å². The molecule has 17 heavy (non-hydrogen) atoms. The van der Waals surface area contributed by atoms with Crippen LogP contribution in [0.5, 0.6) is 0 Å². The maximum absolute atomic E-state index is 11.8. The van der Waals surface area contributed by atoms with E-state index in [-0.39, 0.29) is 4.33 Å². The highest BCUT2D eigenvalue weighted by molar-refractivity contribution is 14.3. The predicted octanol–water partition coefficient (Wildman–Crippen LogP) is 3.22. The van der Waals surface area contributed by atoms with Gasteiger partial charge in [0.2, 0.25) is 0 Å². The third-order valence-electron chi connectivity index (χ3n) is 1.72. The second-order valence-electron chi connectivity index (χ2n) is 3.21. The van der Waals surface area contributed by atoms with E-state index in [1.165, 1.54) is 6.21 Å². The van der Waals surface area contributed by atoms with Crippen molar-refractivity contribution in [1.29, 1.82) is 0 Å². The number of hydrazone groups is 1. The van der Waals surface area contributed by atoms with Crippen molar-refractivity contribution < 1.29 is 8.42 Å². The molecule has 0 saturated heterocycles. The molecule has 0 atom stereocenters. The van der Waals surface area contributed by atoms with Crippen molar-refractivity contribution in [3.8, 4) is 0 Å². The van der Waals surface area contributed by atoms with E-state index in [9.17, 15) is 8.42 Å². The number of sulfonamides is 1. The zero-order valence-electron chi connectivity index (χ0n) is 8.69. The molecule has 4 nitrogen and oxygen atoms in total. The van der Waals surface area contributed by atoms with Crippen molar-refractivity contribution >= 4 is 84.0 Å². The molecule has 0 heterocycles. The molecule has 0 amide bonds. The van der Waals surface area contributed by atoms with Crippen molar-refractivity contribution in [2.45, 2.75) is 11.3 Å². The van der Waals surface area contributed by atoms with Crippen LogP contribution in [0.25, 0.3) is 0 Å². The fourth-order valence-electron chi connectivity index (χ4n) is 0.939. The van der Waals surface area contributed by atoms with Crippen LogP contribution in [0.3, 0.4) is 0 Å². The van der Waals surface area contributed by atoms with Crippen LogP contribution in [0.1, 0.15) is 5.56 Å². The number of nitrogens with zero attached hydrogens (tertiary/aromatic N) is 1. The van der Waals surface area contributed by atoms with Gasteiger partial charge in [-0.05, 0) is 86.8 Å². The normalized spacial score (nSPS) is 12.9. The van der Waals surface area contributed by atoms with Gasteiger partial charge in [-0.2, -0.15) is 13.5 Å².